The molecule has 0 heteroatoms. The van der Waals surface area contributed by atoms with E-state index in [1.165, 1.54) is 32.1 Å². The van der Waals surface area contributed by atoms with Crippen molar-refractivity contribution >= 4 is 0 Å². The van der Waals surface area contributed by atoms with Crippen LogP contribution in [0.5, 0.6) is 0 Å². The van der Waals surface area contributed by atoms with Crippen molar-refractivity contribution in [2.24, 2.45) is 16.2 Å². The van der Waals surface area contributed by atoms with Gasteiger partial charge in [0.2, 0.25) is 0 Å². The average Bonchev–Trinajstić information content (AvgIpc) is 2.08. The van der Waals surface area contributed by atoms with Crippen LogP contribution in [0.4, 0.5) is 0 Å². The minimum absolute atomic E-state index is 0.523. The number of hydrogen-bond acceptors (Lipinski definition) is 0. The Morgan fingerprint density at radius 3 is 2.00 bits per heavy atom. The molecule has 0 aromatic carbocycles. The molecule has 0 aliphatic heterocycles. The Balaban J connectivity index is 2.95. The first kappa shape index (κ1) is 12.1. The molecule has 1 unspecified atom stereocenters. The fourth-order valence-corrected chi connectivity index (χ4v) is 3.30. The molecule has 14 heavy (non-hydrogen) atoms. The number of rotatable bonds is 1. The third kappa shape index (κ3) is 2.15. The maximum Gasteiger partial charge on any atom is -0.0272 e. The molecule has 0 aromatic rings. The maximum absolute atomic E-state index is 2.50. The summed E-state index contributed by atoms with van der Waals surface area (Å²) in [5, 5.41) is 0. The first-order chi connectivity index (χ1) is 6.22. The summed E-state index contributed by atoms with van der Waals surface area (Å²) in [5.41, 5.74) is 1.61. The standard InChI is InChI=1S/C14H28/c1-7-14(6)11-12(2,3)9-8-10-13(14,4)5/h7-11H2,1-6H3. The monoisotopic (exact) mass is 196 g/mol. The molecule has 0 aromatic heterocycles. The molecule has 0 N–H and O–H groups in total. The van der Waals surface area contributed by atoms with E-state index in [0.717, 1.165) is 0 Å². The van der Waals surface area contributed by atoms with E-state index >= 15 is 0 Å². The molecule has 84 valence electrons. The second kappa shape index (κ2) is 3.54. The normalized spacial score (nSPS) is 36.4. The van der Waals surface area contributed by atoms with Gasteiger partial charge in [-0.15, -0.1) is 0 Å². The van der Waals surface area contributed by atoms with Crippen molar-refractivity contribution in [3.05, 3.63) is 0 Å². The summed E-state index contributed by atoms with van der Waals surface area (Å²) >= 11 is 0. The predicted octanol–water partition coefficient (Wildman–Crippen LogP) is 5.03. The first-order valence-corrected chi connectivity index (χ1v) is 6.22. The van der Waals surface area contributed by atoms with E-state index < -0.39 is 0 Å². The Morgan fingerprint density at radius 2 is 1.50 bits per heavy atom. The van der Waals surface area contributed by atoms with Crippen molar-refractivity contribution in [2.75, 3.05) is 0 Å². The van der Waals surface area contributed by atoms with Gasteiger partial charge in [0.05, 0.1) is 0 Å². The van der Waals surface area contributed by atoms with Crippen molar-refractivity contribution in [1.82, 2.24) is 0 Å². The van der Waals surface area contributed by atoms with Gasteiger partial charge >= 0.3 is 0 Å². The predicted molar refractivity (Wildman–Crippen MR) is 64.4 cm³/mol. The lowest BCUT2D eigenvalue weighted by molar-refractivity contribution is 0.0462. The third-order valence-corrected chi connectivity index (χ3v) is 4.94. The lowest BCUT2D eigenvalue weighted by atomic mass is 9.60. The van der Waals surface area contributed by atoms with Crippen molar-refractivity contribution < 1.29 is 0 Å². The zero-order valence-electron chi connectivity index (χ0n) is 11.0. The molecular weight excluding hydrogens is 168 g/mol. The Labute approximate surface area is 90.5 Å². The van der Waals surface area contributed by atoms with Crippen LogP contribution in [0.25, 0.3) is 0 Å². The van der Waals surface area contributed by atoms with Gasteiger partial charge in [-0.2, -0.15) is 0 Å². The first-order valence-electron chi connectivity index (χ1n) is 6.22. The lowest BCUT2D eigenvalue weighted by Crippen LogP contribution is -2.36. The van der Waals surface area contributed by atoms with Crippen LogP contribution in [-0.4, -0.2) is 0 Å². The topological polar surface area (TPSA) is 0 Å². The molecule has 1 aliphatic rings. The van der Waals surface area contributed by atoms with Crippen molar-refractivity contribution in [1.29, 1.82) is 0 Å². The molecule has 0 nitrogen and oxygen atoms in total. The molecule has 1 aliphatic carbocycles. The molecule has 0 heterocycles. The molecule has 0 radical (unpaired) electrons. The van der Waals surface area contributed by atoms with Crippen LogP contribution in [0.1, 0.15) is 73.6 Å². The Hall–Kier alpha value is 0. The summed E-state index contributed by atoms with van der Waals surface area (Å²) in [4.78, 5) is 0. The highest BCUT2D eigenvalue weighted by Gasteiger charge is 2.44. The Bertz CT molecular complexity index is 200. The minimum atomic E-state index is 0.523. The van der Waals surface area contributed by atoms with Gasteiger partial charge in [0.15, 0.2) is 0 Å². The van der Waals surface area contributed by atoms with Crippen molar-refractivity contribution in [3.8, 4) is 0 Å². The third-order valence-electron chi connectivity index (χ3n) is 4.94. The van der Waals surface area contributed by atoms with Crippen LogP contribution in [0.3, 0.4) is 0 Å². The summed E-state index contributed by atoms with van der Waals surface area (Å²) in [5.74, 6) is 0. The molecule has 1 rings (SSSR count). The molecule has 0 saturated heterocycles. The van der Waals surface area contributed by atoms with Gasteiger partial charge in [-0.25, -0.2) is 0 Å². The van der Waals surface area contributed by atoms with Gasteiger partial charge in [-0.3, -0.25) is 0 Å². The Morgan fingerprint density at radius 1 is 0.929 bits per heavy atom. The van der Waals surface area contributed by atoms with E-state index in [1.807, 2.05) is 0 Å². The van der Waals surface area contributed by atoms with Crippen LogP contribution in [-0.2, 0) is 0 Å². The van der Waals surface area contributed by atoms with Crippen LogP contribution in [0, 0.1) is 16.2 Å². The highest BCUT2D eigenvalue weighted by atomic mass is 14.5. The van der Waals surface area contributed by atoms with Gasteiger partial charge in [0.1, 0.15) is 0 Å². The average molecular weight is 196 g/mol. The summed E-state index contributed by atoms with van der Waals surface area (Å²) < 4.78 is 0. The van der Waals surface area contributed by atoms with E-state index in [0.29, 0.717) is 16.2 Å². The second-order valence-electron chi connectivity index (χ2n) is 6.99. The lowest BCUT2D eigenvalue weighted by Gasteiger charge is -2.45. The summed E-state index contributed by atoms with van der Waals surface area (Å²) in [6.07, 6.45) is 6.94. The smallest absolute Gasteiger partial charge is 0.0272 e. The molecule has 0 amide bonds. The maximum atomic E-state index is 2.50. The van der Waals surface area contributed by atoms with Crippen LogP contribution >= 0.6 is 0 Å². The zero-order valence-corrected chi connectivity index (χ0v) is 11.0. The molecule has 1 saturated carbocycles. The molecule has 1 atom stereocenters. The van der Waals surface area contributed by atoms with Crippen LogP contribution < -0.4 is 0 Å². The summed E-state index contributed by atoms with van der Waals surface area (Å²) in [6, 6.07) is 0. The van der Waals surface area contributed by atoms with E-state index in [9.17, 15) is 0 Å². The molecule has 1 fully saturated rings. The van der Waals surface area contributed by atoms with Crippen LogP contribution in [0.2, 0.25) is 0 Å². The van der Waals surface area contributed by atoms with E-state index in [-0.39, 0.29) is 0 Å². The highest BCUT2D eigenvalue weighted by molar-refractivity contribution is 4.95. The van der Waals surface area contributed by atoms with Gasteiger partial charge in [0, 0.05) is 0 Å². The summed E-state index contributed by atoms with van der Waals surface area (Å²) in [6.45, 7) is 14.7. The largest absolute Gasteiger partial charge is 0.0648 e. The van der Waals surface area contributed by atoms with E-state index in [2.05, 4.69) is 41.5 Å². The highest BCUT2D eigenvalue weighted by Crippen LogP contribution is 2.55. The number of hydrogen-bond donors (Lipinski definition) is 0. The van der Waals surface area contributed by atoms with Gasteiger partial charge < -0.3 is 0 Å². The Kier molecular flexibility index (Phi) is 3.05. The van der Waals surface area contributed by atoms with Crippen LogP contribution in [0.15, 0.2) is 0 Å². The summed E-state index contributed by atoms with van der Waals surface area (Å²) in [7, 11) is 0. The van der Waals surface area contributed by atoms with Crippen molar-refractivity contribution in [2.45, 2.75) is 73.6 Å². The molecule has 0 spiro atoms. The van der Waals surface area contributed by atoms with Gasteiger partial charge in [-0.1, -0.05) is 54.4 Å². The zero-order chi connectivity index (χ0) is 11.0. The fraction of sp³-hybridized carbons (Fsp3) is 1.00. The van der Waals surface area contributed by atoms with Gasteiger partial charge in [0.25, 0.3) is 0 Å². The SMILES string of the molecule is CCC1(C)CC(C)(C)CCCC1(C)C. The quantitative estimate of drug-likeness (QED) is 0.516. The van der Waals surface area contributed by atoms with E-state index in [4.69, 9.17) is 0 Å². The van der Waals surface area contributed by atoms with E-state index in [1.54, 1.807) is 0 Å². The van der Waals surface area contributed by atoms with Crippen molar-refractivity contribution in [3.63, 3.8) is 0 Å². The van der Waals surface area contributed by atoms with Gasteiger partial charge in [-0.05, 0) is 35.5 Å². The molecular formula is C14H28. The second-order valence-corrected chi connectivity index (χ2v) is 6.99. The minimum Gasteiger partial charge on any atom is -0.0648 e. The molecule has 0 bridgehead atoms. The fourth-order valence-electron chi connectivity index (χ4n) is 3.30.